The van der Waals surface area contributed by atoms with E-state index in [1.807, 2.05) is 6.92 Å². The number of nitrogens with one attached hydrogen (secondary N) is 1. The van der Waals surface area contributed by atoms with Gasteiger partial charge in [0.15, 0.2) is 0 Å². The molecule has 0 aromatic heterocycles. The van der Waals surface area contributed by atoms with E-state index in [-0.39, 0.29) is 0 Å². The molecule has 88 valence electrons. The van der Waals surface area contributed by atoms with Crippen molar-refractivity contribution in [3.63, 3.8) is 0 Å². The molecule has 0 aliphatic heterocycles. The number of rotatable bonds is 5. The number of carboxylic acid groups (broad SMARTS) is 1. The minimum atomic E-state index is -0.961. The second kappa shape index (κ2) is 6.09. The zero-order chi connectivity index (χ0) is 12.1. The van der Waals surface area contributed by atoms with Crippen molar-refractivity contribution in [2.24, 2.45) is 0 Å². The lowest BCUT2D eigenvalue weighted by Gasteiger charge is -2.15. The highest BCUT2D eigenvalue weighted by molar-refractivity contribution is 6.33. The Kier molecular flexibility index (Phi) is 5.06. The number of aliphatic carboxylic acids is 1. The maximum atomic E-state index is 11.1. The van der Waals surface area contributed by atoms with Crippen molar-refractivity contribution in [2.75, 3.05) is 6.54 Å². The van der Waals surface area contributed by atoms with Gasteiger partial charge in [-0.25, -0.2) is 0 Å². The topological polar surface area (TPSA) is 49.3 Å². The van der Waals surface area contributed by atoms with E-state index in [2.05, 4.69) is 5.32 Å². The summed E-state index contributed by atoms with van der Waals surface area (Å²) in [5.74, 6) is -0.961. The minimum Gasteiger partial charge on any atom is -0.480 e. The van der Waals surface area contributed by atoms with E-state index >= 15 is 0 Å². The molecular formula is C11H13Cl2NO2. The number of hydrogen-bond acceptors (Lipinski definition) is 2. The van der Waals surface area contributed by atoms with Gasteiger partial charge in [-0.2, -0.15) is 0 Å². The first-order valence-corrected chi connectivity index (χ1v) is 5.73. The Morgan fingerprint density at radius 1 is 1.50 bits per heavy atom. The lowest BCUT2D eigenvalue weighted by Crippen LogP contribution is -2.29. The number of carbonyl (C=O) groups is 1. The highest BCUT2D eigenvalue weighted by Gasteiger charge is 2.21. The first-order chi connectivity index (χ1) is 7.56. The van der Waals surface area contributed by atoms with E-state index in [0.29, 0.717) is 22.2 Å². The largest absolute Gasteiger partial charge is 0.480 e. The molecule has 1 aromatic carbocycles. The summed E-state index contributed by atoms with van der Waals surface area (Å²) in [6, 6.07) is 3.99. The van der Waals surface area contributed by atoms with Crippen LogP contribution in [0.2, 0.25) is 10.0 Å². The molecule has 0 saturated heterocycles. The van der Waals surface area contributed by atoms with Gasteiger partial charge in [0, 0.05) is 15.6 Å². The maximum Gasteiger partial charge on any atom is 0.325 e. The molecule has 0 amide bonds. The third-order valence-electron chi connectivity index (χ3n) is 2.11. The second-order valence-electron chi connectivity index (χ2n) is 3.39. The van der Waals surface area contributed by atoms with Crippen LogP contribution in [0.15, 0.2) is 18.2 Å². The van der Waals surface area contributed by atoms with Crippen LogP contribution < -0.4 is 5.32 Å². The first kappa shape index (κ1) is 13.3. The van der Waals surface area contributed by atoms with Crippen LogP contribution in [0.25, 0.3) is 0 Å². The highest BCUT2D eigenvalue weighted by Crippen LogP contribution is 2.26. The summed E-state index contributed by atoms with van der Waals surface area (Å²) in [5.41, 5.74) is 0.495. The van der Waals surface area contributed by atoms with Crippen molar-refractivity contribution in [3.8, 4) is 0 Å². The van der Waals surface area contributed by atoms with Crippen LogP contribution >= 0.6 is 23.2 Å². The fraction of sp³-hybridized carbons (Fsp3) is 0.364. The van der Waals surface area contributed by atoms with Crippen LogP contribution in [0.1, 0.15) is 24.9 Å². The lowest BCUT2D eigenvalue weighted by molar-refractivity contribution is -0.139. The molecule has 1 atom stereocenters. The first-order valence-electron chi connectivity index (χ1n) is 4.97. The third-order valence-corrected chi connectivity index (χ3v) is 2.69. The van der Waals surface area contributed by atoms with Gasteiger partial charge in [-0.05, 0) is 31.2 Å². The van der Waals surface area contributed by atoms with Crippen LogP contribution in [0.5, 0.6) is 0 Å². The molecule has 0 fully saturated rings. The Hall–Kier alpha value is -0.770. The summed E-state index contributed by atoms with van der Waals surface area (Å²) in [5, 5.41) is 12.9. The lowest BCUT2D eigenvalue weighted by atomic mass is 10.1. The second-order valence-corrected chi connectivity index (χ2v) is 4.23. The van der Waals surface area contributed by atoms with E-state index in [1.54, 1.807) is 18.2 Å². The summed E-state index contributed by atoms with van der Waals surface area (Å²) in [6.45, 7) is 2.57. The number of hydrogen-bond donors (Lipinski definition) is 2. The predicted octanol–water partition coefficient (Wildman–Crippen LogP) is 3.12. The van der Waals surface area contributed by atoms with Gasteiger partial charge >= 0.3 is 5.97 Å². The van der Waals surface area contributed by atoms with Crippen molar-refractivity contribution in [1.29, 1.82) is 0 Å². The van der Waals surface area contributed by atoms with Gasteiger partial charge in [-0.1, -0.05) is 30.1 Å². The van der Waals surface area contributed by atoms with E-state index < -0.39 is 12.0 Å². The van der Waals surface area contributed by atoms with Crippen LogP contribution in [0.3, 0.4) is 0 Å². The fourth-order valence-corrected chi connectivity index (χ4v) is 1.76. The highest BCUT2D eigenvalue weighted by atomic mass is 35.5. The van der Waals surface area contributed by atoms with Gasteiger partial charge in [0.05, 0.1) is 0 Å². The van der Waals surface area contributed by atoms with Crippen LogP contribution in [-0.4, -0.2) is 17.6 Å². The number of carboxylic acids is 1. The zero-order valence-corrected chi connectivity index (χ0v) is 10.3. The van der Waals surface area contributed by atoms with E-state index in [4.69, 9.17) is 28.3 Å². The van der Waals surface area contributed by atoms with E-state index in [1.165, 1.54) is 0 Å². The van der Waals surface area contributed by atoms with Crippen LogP contribution in [0.4, 0.5) is 0 Å². The third kappa shape index (κ3) is 3.37. The van der Waals surface area contributed by atoms with E-state index in [0.717, 1.165) is 6.42 Å². The molecule has 0 aliphatic rings. The molecular weight excluding hydrogens is 249 g/mol. The normalized spacial score (nSPS) is 12.4. The van der Waals surface area contributed by atoms with Crippen molar-refractivity contribution >= 4 is 29.2 Å². The standard InChI is InChI=1S/C11H13Cl2NO2/c1-2-5-14-10(11(15)16)8-6-7(12)3-4-9(8)13/h3-4,6,10,14H,2,5H2,1H3,(H,15,16). The Morgan fingerprint density at radius 3 is 2.75 bits per heavy atom. The van der Waals surface area contributed by atoms with Gasteiger partial charge in [-0.3, -0.25) is 4.79 Å². The molecule has 0 bridgehead atoms. The Morgan fingerprint density at radius 2 is 2.19 bits per heavy atom. The molecule has 0 spiro atoms. The zero-order valence-electron chi connectivity index (χ0n) is 8.84. The number of benzene rings is 1. The summed E-state index contributed by atoms with van der Waals surface area (Å²) >= 11 is 11.8. The van der Waals surface area contributed by atoms with Gasteiger partial charge < -0.3 is 10.4 Å². The van der Waals surface area contributed by atoms with Crippen LogP contribution in [-0.2, 0) is 4.79 Å². The van der Waals surface area contributed by atoms with Crippen molar-refractivity contribution < 1.29 is 9.90 Å². The molecule has 0 aliphatic carbocycles. The van der Waals surface area contributed by atoms with Crippen molar-refractivity contribution in [2.45, 2.75) is 19.4 Å². The molecule has 0 saturated carbocycles. The van der Waals surface area contributed by atoms with E-state index in [9.17, 15) is 4.79 Å². The minimum absolute atomic E-state index is 0.403. The van der Waals surface area contributed by atoms with Crippen molar-refractivity contribution in [1.82, 2.24) is 5.32 Å². The number of halogens is 2. The molecule has 1 unspecified atom stereocenters. The van der Waals surface area contributed by atoms with Gasteiger partial charge in [0.25, 0.3) is 0 Å². The van der Waals surface area contributed by atoms with Gasteiger partial charge in [0.1, 0.15) is 6.04 Å². The maximum absolute atomic E-state index is 11.1. The molecule has 1 rings (SSSR count). The monoisotopic (exact) mass is 261 g/mol. The van der Waals surface area contributed by atoms with Crippen LogP contribution in [0, 0.1) is 0 Å². The molecule has 5 heteroatoms. The summed E-state index contributed by atoms with van der Waals surface area (Å²) in [7, 11) is 0. The Bertz CT molecular complexity index is 382. The summed E-state index contributed by atoms with van der Waals surface area (Å²) in [6.07, 6.45) is 0.849. The molecule has 16 heavy (non-hydrogen) atoms. The quantitative estimate of drug-likeness (QED) is 0.857. The smallest absolute Gasteiger partial charge is 0.325 e. The Balaban J connectivity index is 3.00. The van der Waals surface area contributed by atoms with Gasteiger partial charge in [-0.15, -0.1) is 0 Å². The molecule has 1 aromatic rings. The SMILES string of the molecule is CCCNC(C(=O)O)c1cc(Cl)ccc1Cl. The predicted molar refractivity (Wildman–Crippen MR) is 65.1 cm³/mol. The Labute approximate surface area is 104 Å². The summed E-state index contributed by atoms with van der Waals surface area (Å²) < 4.78 is 0. The summed E-state index contributed by atoms with van der Waals surface area (Å²) in [4.78, 5) is 11.1. The van der Waals surface area contributed by atoms with Crippen molar-refractivity contribution in [3.05, 3.63) is 33.8 Å². The average molecular weight is 262 g/mol. The van der Waals surface area contributed by atoms with Gasteiger partial charge in [0.2, 0.25) is 0 Å². The molecule has 0 heterocycles. The molecule has 3 nitrogen and oxygen atoms in total. The fourth-order valence-electron chi connectivity index (χ4n) is 1.35. The molecule has 0 radical (unpaired) electrons. The average Bonchev–Trinajstić information content (AvgIpc) is 2.23. The molecule has 2 N–H and O–H groups in total.